The van der Waals surface area contributed by atoms with Crippen molar-refractivity contribution < 1.29 is 14.7 Å². The maximum Gasteiger partial charge on any atom is 0.259 e. The number of benzene rings is 1. The number of aromatic nitrogens is 4. The second kappa shape index (κ2) is 6.36. The zero-order valence-corrected chi connectivity index (χ0v) is 13.5. The maximum atomic E-state index is 14.3. The van der Waals surface area contributed by atoms with Crippen molar-refractivity contribution in [3.05, 3.63) is 72.6 Å². The SMILES string of the molecule is [2H]c1c([2H])c([2H])c(C(=O)Nc2cc3cc(-c4cncn4C)cnc3cn2)c(F)c1[2H]. The van der Waals surface area contributed by atoms with Crippen molar-refractivity contribution in [2.75, 3.05) is 5.32 Å². The molecule has 3 heterocycles. The van der Waals surface area contributed by atoms with Crippen LogP contribution in [0.2, 0.25) is 0 Å². The largest absolute Gasteiger partial charge is 0.334 e. The second-order valence-corrected chi connectivity index (χ2v) is 5.52. The molecule has 6 nitrogen and oxygen atoms in total. The second-order valence-electron chi connectivity index (χ2n) is 5.52. The first kappa shape index (κ1) is 11.9. The summed E-state index contributed by atoms with van der Waals surface area (Å²) in [6.45, 7) is 0. The van der Waals surface area contributed by atoms with Gasteiger partial charge in [0, 0.05) is 24.2 Å². The third kappa shape index (κ3) is 2.90. The number of hydrogen-bond acceptors (Lipinski definition) is 4. The van der Waals surface area contributed by atoms with Gasteiger partial charge in [-0.15, -0.1) is 0 Å². The first-order chi connectivity index (χ1) is 14.3. The van der Waals surface area contributed by atoms with Crippen LogP contribution in [0.1, 0.15) is 15.8 Å². The summed E-state index contributed by atoms with van der Waals surface area (Å²) in [6, 6.07) is 0.287. The number of nitrogens with one attached hydrogen (secondary N) is 1. The molecule has 7 heteroatoms. The molecule has 3 aromatic heterocycles. The van der Waals surface area contributed by atoms with Crippen LogP contribution in [0.5, 0.6) is 0 Å². The number of carbonyl (C=O) groups excluding carboxylic acids is 1. The number of carbonyl (C=O) groups is 1. The zero-order chi connectivity index (χ0) is 21.6. The molecule has 1 amide bonds. The fourth-order valence-electron chi connectivity index (χ4n) is 2.51. The first-order valence-electron chi connectivity index (χ1n) is 9.57. The highest BCUT2D eigenvalue weighted by Crippen LogP contribution is 2.23. The lowest BCUT2D eigenvalue weighted by Crippen LogP contribution is -2.14. The maximum absolute atomic E-state index is 14.3. The predicted octanol–water partition coefficient (Wildman–Crippen LogP) is 3.42. The van der Waals surface area contributed by atoms with Gasteiger partial charge in [-0.05, 0) is 24.2 Å². The van der Waals surface area contributed by atoms with Gasteiger partial charge in [-0.25, -0.2) is 14.4 Å². The van der Waals surface area contributed by atoms with E-state index in [-0.39, 0.29) is 5.82 Å². The topological polar surface area (TPSA) is 72.7 Å². The fourth-order valence-corrected chi connectivity index (χ4v) is 2.51. The molecule has 0 aliphatic heterocycles. The van der Waals surface area contributed by atoms with Crippen molar-refractivity contribution in [2.24, 2.45) is 7.05 Å². The highest BCUT2D eigenvalue weighted by atomic mass is 19.1. The molecule has 26 heavy (non-hydrogen) atoms. The van der Waals surface area contributed by atoms with E-state index in [0.29, 0.717) is 10.9 Å². The molecule has 0 spiro atoms. The van der Waals surface area contributed by atoms with Crippen molar-refractivity contribution in [3.63, 3.8) is 0 Å². The lowest BCUT2D eigenvalue weighted by Gasteiger charge is -2.07. The summed E-state index contributed by atoms with van der Waals surface area (Å²) in [7, 11) is 1.85. The Morgan fingerprint density at radius 1 is 1.19 bits per heavy atom. The van der Waals surface area contributed by atoms with E-state index >= 15 is 0 Å². The number of halogens is 1. The fraction of sp³-hybridized carbons (Fsp3) is 0.0526. The van der Waals surface area contributed by atoms with Gasteiger partial charge < -0.3 is 9.88 Å². The van der Waals surface area contributed by atoms with Gasteiger partial charge in [0.15, 0.2) is 0 Å². The highest BCUT2D eigenvalue weighted by molar-refractivity contribution is 6.04. The van der Waals surface area contributed by atoms with Gasteiger partial charge in [0.1, 0.15) is 11.6 Å². The molecular weight excluding hydrogens is 333 g/mol. The Morgan fingerprint density at radius 3 is 2.85 bits per heavy atom. The Morgan fingerprint density at radius 2 is 2.04 bits per heavy atom. The minimum atomic E-state index is -1.32. The predicted molar refractivity (Wildman–Crippen MR) is 96.1 cm³/mol. The molecule has 0 radical (unpaired) electrons. The monoisotopic (exact) mass is 351 g/mol. The van der Waals surface area contributed by atoms with Gasteiger partial charge in [0.25, 0.3) is 5.91 Å². The van der Waals surface area contributed by atoms with Crippen molar-refractivity contribution >= 4 is 22.6 Å². The van der Waals surface area contributed by atoms with Crippen LogP contribution in [-0.2, 0) is 7.05 Å². The van der Waals surface area contributed by atoms with Crippen molar-refractivity contribution in [2.45, 2.75) is 0 Å². The third-order valence-corrected chi connectivity index (χ3v) is 3.79. The number of imidazole rings is 1. The van der Waals surface area contributed by atoms with Gasteiger partial charge in [0.2, 0.25) is 0 Å². The van der Waals surface area contributed by atoms with Gasteiger partial charge in [-0.1, -0.05) is 12.1 Å². The smallest absolute Gasteiger partial charge is 0.259 e. The van der Waals surface area contributed by atoms with Crippen LogP contribution < -0.4 is 5.32 Å². The minimum Gasteiger partial charge on any atom is -0.334 e. The van der Waals surface area contributed by atoms with E-state index in [1.165, 1.54) is 6.20 Å². The van der Waals surface area contributed by atoms with E-state index in [1.54, 1.807) is 24.8 Å². The molecular formula is C19H14FN5O. The van der Waals surface area contributed by atoms with E-state index in [1.807, 2.05) is 17.7 Å². The number of nitrogens with zero attached hydrogens (tertiary/aromatic N) is 4. The summed E-state index contributed by atoms with van der Waals surface area (Å²) in [6.07, 6.45) is 6.47. The van der Waals surface area contributed by atoms with Crippen molar-refractivity contribution in [3.8, 4) is 11.3 Å². The molecule has 0 bridgehead atoms. The van der Waals surface area contributed by atoms with E-state index in [2.05, 4.69) is 20.3 Å². The normalized spacial score (nSPS) is 13.0. The van der Waals surface area contributed by atoms with E-state index in [4.69, 9.17) is 5.48 Å². The lowest BCUT2D eigenvalue weighted by molar-refractivity contribution is 0.102. The third-order valence-electron chi connectivity index (χ3n) is 3.79. The van der Waals surface area contributed by atoms with Crippen LogP contribution in [0.25, 0.3) is 22.2 Å². The Hall–Kier alpha value is -3.61. The molecule has 0 saturated heterocycles. The number of hydrogen-bond donors (Lipinski definition) is 1. The summed E-state index contributed by atoms with van der Waals surface area (Å²) >= 11 is 0. The van der Waals surface area contributed by atoms with Crippen LogP contribution in [0.3, 0.4) is 0 Å². The van der Waals surface area contributed by atoms with Crippen LogP contribution >= 0.6 is 0 Å². The van der Waals surface area contributed by atoms with E-state index < -0.39 is 41.5 Å². The summed E-state index contributed by atoms with van der Waals surface area (Å²) in [5.74, 6) is -2.26. The Labute approximate surface area is 154 Å². The molecule has 0 aliphatic carbocycles. The molecule has 0 atom stereocenters. The summed E-state index contributed by atoms with van der Waals surface area (Å²) in [4.78, 5) is 25.0. The number of rotatable bonds is 3. The molecule has 4 rings (SSSR count). The van der Waals surface area contributed by atoms with Crippen LogP contribution in [0.15, 0.2) is 61.2 Å². The highest BCUT2D eigenvalue weighted by Gasteiger charge is 2.12. The average molecular weight is 351 g/mol. The molecule has 1 N–H and O–H groups in total. The van der Waals surface area contributed by atoms with Gasteiger partial charge in [0.05, 0.1) is 41.0 Å². The average Bonchev–Trinajstić information content (AvgIpc) is 3.16. The molecule has 0 aliphatic rings. The number of pyridine rings is 2. The summed E-state index contributed by atoms with van der Waals surface area (Å²) in [5, 5.41) is 3.05. The number of fused-ring (bicyclic) bond motifs is 1. The quantitative estimate of drug-likeness (QED) is 0.614. The van der Waals surface area contributed by atoms with E-state index in [9.17, 15) is 9.18 Å². The number of aryl methyl sites for hydroxylation is 1. The first-order valence-corrected chi connectivity index (χ1v) is 7.57. The summed E-state index contributed by atoms with van der Waals surface area (Å²) in [5.41, 5.74) is 1.44. The van der Waals surface area contributed by atoms with Crippen LogP contribution in [-0.4, -0.2) is 25.4 Å². The Kier molecular flexibility index (Phi) is 2.90. The van der Waals surface area contributed by atoms with Gasteiger partial charge in [-0.3, -0.25) is 9.78 Å². The molecule has 128 valence electrons. The van der Waals surface area contributed by atoms with Gasteiger partial charge in [-0.2, -0.15) is 0 Å². The van der Waals surface area contributed by atoms with Gasteiger partial charge >= 0.3 is 0 Å². The van der Waals surface area contributed by atoms with Crippen molar-refractivity contribution in [1.29, 1.82) is 0 Å². The molecule has 0 unspecified atom stereocenters. The Bertz CT molecular complexity index is 1300. The standard InChI is InChI=1S/C19H14FN5O/c1-25-11-21-10-17(25)13-6-12-7-18(23-9-16(12)22-8-13)24-19(26)14-4-2-3-5-15(14)20/h2-11H,1H3,(H,23,24,26)/i2D,3D,4D,5D. The Balaban J connectivity index is 1.71. The lowest BCUT2D eigenvalue weighted by atomic mass is 10.1. The molecule has 4 aromatic rings. The van der Waals surface area contributed by atoms with Crippen LogP contribution in [0.4, 0.5) is 10.2 Å². The molecule has 0 fully saturated rings. The molecule has 1 aromatic carbocycles. The molecule has 0 saturated carbocycles. The zero-order valence-electron chi connectivity index (χ0n) is 17.5. The van der Waals surface area contributed by atoms with E-state index in [0.717, 1.165) is 11.3 Å². The summed E-state index contributed by atoms with van der Waals surface area (Å²) < 4.78 is 46.6. The minimum absolute atomic E-state index is 0.0864. The number of amides is 1. The number of anilines is 1. The van der Waals surface area contributed by atoms with Crippen molar-refractivity contribution in [1.82, 2.24) is 19.5 Å². The van der Waals surface area contributed by atoms with Crippen LogP contribution in [0, 0.1) is 5.82 Å².